The van der Waals surface area contributed by atoms with Gasteiger partial charge in [0.2, 0.25) is 0 Å². The number of para-hydroxylation sites is 2. The van der Waals surface area contributed by atoms with E-state index >= 15 is 0 Å². The van der Waals surface area contributed by atoms with E-state index in [0.29, 0.717) is 12.3 Å². The molecular formula is C25H34N2O6. The number of benzene rings is 2. The Kier molecular flexibility index (Phi) is 13.8. The van der Waals surface area contributed by atoms with Crippen LogP contribution in [0.25, 0.3) is 0 Å². The van der Waals surface area contributed by atoms with Gasteiger partial charge in [0.05, 0.1) is 9.85 Å². The van der Waals surface area contributed by atoms with Crippen molar-refractivity contribution in [3.63, 3.8) is 0 Å². The number of nitrogens with zero attached hydrogens (tertiary/aromatic N) is 2. The van der Waals surface area contributed by atoms with Gasteiger partial charge in [-0.1, -0.05) is 87.9 Å². The Morgan fingerprint density at radius 2 is 1.33 bits per heavy atom. The van der Waals surface area contributed by atoms with Gasteiger partial charge in [0, 0.05) is 18.6 Å². The minimum Gasteiger partial charge on any atom is -0.481 e. The Labute approximate surface area is 195 Å². The van der Waals surface area contributed by atoms with Crippen molar-refractivity contribution in [2.45, 2.75) is 71.1 Å². The molecule has 0 saturated heterocycles. The predicted molar refractivity (Wildman–Crippen MR) is 128 cm³/mol. The maximum atomic E-state index is 10.7. The third-order valence-electron chi connectivity index (χ3n) is 5.36. The van der Waals surface area contributed by atoms with Crippen molar-refractivity contribution in [2.75, 3.05) is 0 Å². The van der Waals surface area contributed by atoms with Crippen LogP contribution in [0, 0.1) is 26.1 Å². The fraction of sp³-hybridized carbons (Fsp3) is 0.480. The average molecular weight is 459 g/mol. The minimum absolute atomic E-state index is 0.307. The number of rotatable bonds is 14. The highest BCUT2D eigenvalue weighted by atomic mass is 16.6. The molecule has 0 fully saturated rings. The van der Waals surface area contributed by atoms with Gasteiger partial charge in [-0.3, -0.25) is 25.0 Å². The Morgan fingerprint density at radius 3 is 1.85 bits per heavy atom. The maximum absolute atomic E-state index is 10.7. The molecule has 0 amide bonds. The molecule has 0 saturated carbocycles. The molecule has 0 aliphatic rings. The van der Waals surface area contributed by atoms with E-state index in [4.69, 9.17) is 5.11 Å². The monoisotopic (exact) mass is 458 g/mol. The van der Waals surface area contributed by atoms with Crippen molar-refractivity contribution in [3.8, 4) is 0 Å². The largest absolute Gasteiger partial charge is 0.481 e. The molecule has 0 bridgehead atoms. The molecule has 0 spiro atoms. The summed E-state index contributed by atoms with van der Waals surface area (Å²) in [6.07, 6.45) is 11.0. The highest BCUT2D eigenvalue weighted by Gasteiger charge is 2.21. The van der Waals surface area contributed by atoms with Crippen LogP contribution in [0.5, 0.6) is 0 Å². The highest BCUT2D eigenvalue weighted by molar-refractivity contribution is 5.66. The molecule has 1 atom stereocenters. The number of carboxylic acid groups (broad SMARTS) is 1. The van der Waals surface area contributed by atoms with E-state index in [2.05, 4.69) is 31.2 Å². The Morgan fingerprint density at radius 1 is 0.818 bits per heavy atom. The molecule has 1 N–H and O–H groups in total. The third-order valence-corrected chi connectivity index (χ3v) is 5.36. The van der Waals surface area contributed by atoms with Gasteiger partial charge < -0.3 is 5.11 Å². The van der Waals surface area contributed by atoms with Gasteiger partial charge in [0.25, 0.3) is 0 Å². The molecule has 2 aromatic rings. The molecule has 0 radical (unpaired) electrons. The summed E-state index contributed by atoms with van der Waals surface area (Å²) < 4.78 is 0. The van der Waals surface area contributed by atoms with Crippen LogP contribution in [-0.4, -0.2) is 20.9 Å². The van der Waals surface area contributed by atoms with Crippen LogP contribution < -0.4 is 0 Å². The lowest BCUT2D eigenvalue weighted by molar-refractivity contribution is -0.422. The van der Waals surface area contributed by atoms with Crippen molar-refractivity contribution >= 4 is 17.3 Å². The molecule has 180 valence electrons. The lowest BCUT2D eigenvalue weighted by Gasteiger charge is -2.16. The quantitative estimate of drug-likeness (QED) is 0.185. The molecule has 2 aromatic carbocycles. The van der Waals surface area contributed by atoms with E-state index < -0.39 is 27.2 Å². The molecular weight excluding hydrogens is 424 g/mol. The minimum atomic E-state index is -0.780. The zero-order valence-electron chi connectivity index (χ0n) is 19.2. The lowest BCUT2D eigenvalue weighted by Crippen LogP contribution is -2.06. The molecule has 0 heterocycles. The fourth-order valence-electron chi connectivity index (χ4n) is 3.65. The molecule has 0 aromatic heterocycles. The zero-order chi connectivity index (χ0) is 24.5. The van der Waals surface area contributed by atoms with Crippen LogP contribution in [0.1, 0.15) is 70.3 Å². The third kappa shape index (κ3) is 12.4. The van der Waals surface area contributed by atoms with E-state index in [1.54, 1.807) is 0 Å². The number of carboxylic acids is 1. The molecule has 0 aliphatic carbocycles. The number of aliphatic carboxylic acids is 1. The molecule has 8 nitrogen and oxygen atoms in total. The smallest absolute Gasteiger partial charge is 0.346 e. The van der Waals surface area contributed by atoms with Crippen LogP contribution >= 0.6 is 0 Å². The summed E-state index contributed by atoms with van der Waals surface area (Å²) in [7, 11) is 0. The van der Waals surface area contributed by atoms with Gasteiger partial charge in [-0.15, -0.1) is 0 Å². The first-order valence-electron chi connectivity index (χ1n) is 11.5. The fourth-order valence-corrected chi connectivity index (χ4v) is 3.65. The number of hydrogen-bond acceptors (Lipinski definition) is 5. The maximum Gasteiger partial charge on any atom is 0.346 e. The SMILES string of the molecule is CCCCCCCC(CCCC(=O)O)Cc1ccccc1.O=[N+]([O-])c1ccccc1[N+](=O)[O-]. The summed E-state index contributed by atoms with van der Waals surface area (Å²) in [6, 6.07) is 15.5. The van der Waals surface area contributed by atoms with Crippen molar-refractivity contribution in [1.29, 1.82) is 0 Å². The van der Waals surface area contributed by atoms with E-state index in [1.807, 2.05) is 6.07 Å². The molecule has 0 aliphatic heterocycles. The highest BCUT2D eigenvalue weighted by Crippen LogP contribution is 2.25. The summed E-state index contributed by atoms with van der Waals surface area (Å²) in [5.74, 6) is -0.0372. The number of carbonyl (C=O) groups is 1. The first-order valence-corrected chi connectivity index (χ1v) is 11.5. The number of nitro groups is 2. The molecule has 33 heavy (non-hydrogen) atoms. The summed E-state index contributed by atoms with van der Waals surface area (Å²) >= 11 is 0. The van der Waals surface area contributed by atoms with E-state index in [1.165, 1.54) is 56.2 Å². The van der Waals surface area contributed by atoms with Crippen molar-refractivity contribution in [3.05, 3.63) is 80.4 Å². The average Bonchev–Trinajstić information content (AvgIpc) is 2.79. The van der Waals surface area contributed by atoms with Crippen LogP contribution in [0.2, 0.25) is 0 Å². The van der Waals surface area contributed by atoms with Gasteiger partial charge in [0.15, 0.2) is 0 Å². The second kappa shape index (κ2) is 16.4. The number of nitro benzene ring substituents is 2. The van der Waals surface area contributed by atoms with E-state index in [9.17, 15) is 25.0 Å². The lowest BCUT2D eigenvalue weighted by atomic mass is 9.89. The normalized spacial score (nSPS) is 11.2. The van der Waals surface area contributed by atoms with Gasteiger partial charge in [-0.25, -0.2) is 0 Å². The van der Waals surface area contributed by atoms with Crippen molar-refractivity contribution < 1.29 is 19.7 Å². The van der Waals surface area contributed by atoms with Gasteiger partial charge in [0.1, 0.15) is 0 Å². The Balaban J connectivity index is 0.000000383. The predicted octanol–water partition coefficient (Wildman–Crippen LogP) is 6.96. The topological polar surface area (TPSA) is 124 Å². The Bertz CT molecular complexity index is 824. The first-order chi connectivity index (χ1) is 15.8. The number of hydrogen-bond donors (Lipinski definition) is 1. The summed E-state index contributed by atoms with van der Waals surface area (Å²) in [6.45, 7) is 2.24. The Hall–Kier alpha value is -3.29. The van der Waals surface area contributed by atoms with Crippen LogP contribution in [0.4, 0.5) is 11.4 Å². The van der Waals surface area contributed by atoms with Crippen molar-refractivity contribution in [2.24, 2.45) is 5.92 Å². The molecule has 8 heteroatoms. The van der Waals surface area contributed by atoms with Crippen LogP contribution in [0.15, 0.2) is 54.6 Å². The van der Waals surface area contributed by atoms with Gasteiger partial charge >= 0.3 is 17.3 Å². The first kappa shape index (κ1) is 27.7. The van der Waals surface area contributed by atoms with E-state index in [0.717, 1.165) is 31.4 Å². The summed E-state index contributed by atoms with van der Waals surface area (Å²) in [4.78, 5) is 29.6. The summed E-state index contributed by atoms with van der Waals surface area (Å²) in [5.41, 5.74) is 0.413. The second-order valence-electron chi connectivity index (χ2n) is 8.05. The van der Waals surface area contributed by atoms with Gasteiger partial charge in [-0.2, -0.15) is 0 Å². The summed E-state index contributed by atoms with van der Waals surface area (Å²) in [5, 5.41) is 29.2. The van der Waals surface area contributed by atoms with E-state index in [-0.39, 0.29) is 0 Å². The van der Waals surface area contributed by atoms with Crippen molar-refractivity contribution in [1.82, 2.24) is 0 Å². The molecule has 1 unspecified atom stereocenters. The second-order valence-corrected chi connectivity index (χ2v) is 8.05. The standard InChI is InChI=1S/C19H30O2.C6H4N2O4/c1-2-3-4-5-7-11-18(14-10-15-19(20)21)16-17-12-8-6-9-13-17;9-7(10)5-3-1-2-4-6(5)8(11)12/h6,8-9,12-13,18H,2-5,7,10-11,14-16H2,1H3,(H,20,21);1-4H. The van der Waals surface area contributed by atoms with Crippen LogP contribution in [0.3, 0.4) is 0 Å². The van der Waals surface area contributed by atoms with Crippen LogP contribution in [-0.2, 0) is 11.2 Å². The van der Waals surface area contributed by atoms with Gasteiger partial charge in [-0.05, 0) is 30.7 Å². The number of unbranched alkanes of at least 4 members (excludes halogenated alkanes) is 4. The molecule has 2 rings (SSSR count). The zero-order valence-corrected chi connectivity index (χ0v) is 19.2.